The number of nitrogen functional groups attached to an aromatic ring is 1. The fourth-order valence-corrected chi connectivity index (χ4v) is 2.12. The Morgan fingerprint density at radius 2 is 1.68 bits per heavy atom. The highest BCUT2D eigenvalue weighted by Crippen LogP contribution is 2.31. The van der Waals surface area contributed by atoms with Crippen LogP contribution in [0.1, 0.15) is 18.1 Å². The minimum atomic E-state index is 0.708. The maximum atomic E-state index is 6.07. The standard InChI is InChI=1S/C16H16ClNO/c1-11(19-2)16(12-7-9-13(17)10-8-12)14-5-3-4-6-15(14)18/h3-10H,18H2,1-2H3/b16-11-. The van der Waals surface area contributed by atoms with Crippen molar-refractivity contribution >= 4 is 22.9 Å². The van der Waals surface area contributed by atoms with Gasteiger partial charge in [0.05, 0.1) is 7.11 Å². The Labute approximate surface area is 118 Å². The van der Waals surface area contributed by atoms with E-state index in [1.54, 1.807) is 7.11 Å². The van der Waals surface area contributed by atoms with Crippen LogP contribution in [0, 0.1) is 0 Å². The average molecular weight is 274 g/mol. The van der Waals surface area contributed by atoms with Crippen molar-refractivity contribution in [3.05, 3.63) is 70.4 Å². The number of rotatable bonds is 3. The first-order valence-electron chi connectivity index (χ1n) is 5.99. The van der Waals surface area contributed by atoms with Gasteiger partial charge in [0.25, 0.3) is 0 Å². The van der Waals surface area contributed by atoms with E-state index in [0.29, 0.717) is 5.02 Å². The number of anilines is 1. The number of ether oxygens (including phenoxy) is 1. The van der Waals surface area contributed by atoms with Gasteiger partial charge < -0.3 is 10.5 Å². The van der Waals surface area contributed by atoms with E-state index >= 15 is 0 Å². The number of para-hydroxylation sites is 1. The molecule has 0 aliphatic heterocycles. The first kappa shape index (κ1) is 13.5. The molecule has 0 saturated carbocycles. The topological polar surface area (TPSA) is 35.2 Å². The molecule has 0 heterocycles. The second-order valence-corrected chi connectivity index (χ2v) is 4.67. The van der Waals surface area contributed by atoms with Crippen molar-refractivity contribution < 1.29 is 4.74 Å². The SMILES string of the molecule is CO/C(C)=C(/c1ccc(Cl)cc1)c1ccccc1N. The van der Waals surface area contributed by atoms with Crippen LogP contribution in [0.5, 0.6) is 0 Å². The zero-order valence-electron chi connectivity index (χ0n) is 11.0. The third-order valence-electron chi connectivity index (χ3n) is 3.02. The van der Waals surface area contributed by atoms with Crippen LogP contribution in [0.4, 0.5) is 5.69 Å². The lowest BCUT2D eigenvalue weighted by Gasteiger charge is -2.14. The normalized spacial score (nSPS) is 11.9. The number of methoxy groups -OCH3 is 1. The van der Waals surface area contributed by atoms with Crippen molar-refractivity contribution in [2.45, 2.75) is 6.92 Å². The maximum Gasteiger partial charge on any atom is 0.101 e. The Hall–Kier alpha value is -1.93. The largest absolute Gasteiger partial charge is 0.501 e. The van der Waals surface area contributed by atoms with Crippen molar-refractivity contribution in [2.75, 3.05) is 12.8 Å². The summed E-state index contributed by atoms with van der Waals surface area (Å²) in [4.78, 5) is 0. The van der Waals surface area contributed by atoms with E-state index in [2.05, 4.69) is 0 Å². The van der Waals surface area contributed by atoms with Crippen molar-refractivity contribution in [3.63, 3.8) is 0 Å². The van der Waals surface area contributed by atoms with Crippen LogP contribution in [0.2, 0.25) is 5.02 Å². The lowest BCUT2D eigenvalue weighted by molar-refractivity contribution is 0.296. The summed E-state index contributed by atoms with van der Waals surface area (Å²) in [7, 11) is 1.66. The molecule has 0 atom stereocenters. The Morgan fingerprint density at radius 1 is 1.05 bits per heavy atom. The quantitative estimate of drug-likeness (QED) is 0.667. The lowest BCUT2D eigenvalue weighted by Crippen LogP contribution is -1.98. The minimum absolute atomic E-state index is 0.708. The summed E-state index contributed by atoms with van der Waals surface area (Å²) in [6.45, 7) is 1.93. The molecule has 0 aliphatic carbocycles. The average Bonchev–Trinajstić information content (AvgIpc) is 2.43. The van der Waals surface area contributed by atoms with Crippen molar-refractivity contribution in [2.24, 2.45) is 0 Å². The Balaban J connectivity index is 2.62. The molecule has 0 unspecified atom stereocenters. The first-order valence-corrected chi connectivity index (χ1v) is 6.37. The van der Waals surface area contributed by atoms with Crippen molar-refractivity contribution in [3.8, 4) is 0 Å². The molecule has 0 bridgehead atoms. The monoisotopic (exact) mass is 273 g/mol. The molecule has 0 radical (unpaired) electrons. The fraction of sp³-hybridized carbons (Fsp3) is 0.125. The van der Waals surface area contributed by atoms with Gasteiger partial charge in [0.2, 0.25) is 0 Å². The highest BCUT2D eigenvalue weighted by molar-refractivity contribution is 6.30. The third kappa shape index (κ3) is 2.91. The first-order chi connectivity index (χ1) is 9.13. The van der Waals surface area contributed by atoms with Gasteiger partial charge in [-0.1, -0.05) is 41.9 Å². The molecule has 3 heteroatoms. The van der Waals surface area contributed by atoms with E-state index in [-0.39, 0.29) is 0 Å². The fourth-order valence-electron chi connectivity index (χ4n) is 1.99. The molecule has 0 saturated heterocycles. The molecular formula is C16H16ClNO. The summed E-state index contributed by atoms with van der Waals surface area (Å²) in [5, 5.41) is 0.708. The molecule has 2 aromatic carbocycles. The van der Waals surface area contributed by atoms with Gasteiger partial charge >= 0.3 is 0 Å². The van der Waals surface area contributed by atoms with E-state index in [1.807, 2.05) is 55.5 Å². The smallest absolute Gasteiger partial charge is 0.101 e. The Bertz CT molecular complexity index is 602. The van der Waals surface area contributed by atoms with Crippen LogP contribution in [-0.4, -0.2) is 7.11 Å². The van der Waals surface area contributed by atoms with Gasteiger partial charge in [-0.15, -0.1) is 0 Å². The summed E-state index contributed by atoms with van der Waals surface area (Å²) in [6, 6.07) is 15.4. The van der Waals surface area contributed by atoms with Crippen LogP contribution >= 0.6 is 11.6 Å². The molecule has 0 spiro atoms. The van der Waals surface area contributed by atoms with E-state index in [9.17, 15) is 0 Å². The number of benzene rings is 2. The molecular weight excluding hydrogens is 258 g/mol. The summed E-state index contributed by atoms with van der Waals surface area (Å²) in [5.41, 5.74) is 9.77. The molecule has 0 amide bonds. The van der Waals surface area contributed by atoms with Crippen molar-refractivity contribution in [1.82, 2.24) is 0 Å². The number of hydrogen-bond donors (Lipinski definition) is 1. The second kappa shape index (κ2) is 5.81. The number of hydrogen-bond acceptors (Lipinski definition) is 2. The number of allylic oxidation sites excluding steroid dienone is 1. The van der Waals surface area contributed by atoms with Gasteiger partial charge in [-0.25, -0.2) is 0 Å². The van der Waals surface area contributed by atoms with E-state index in [4.69, 9.17) is 22.1 Å². The Kier molecular flexibility index (Phi) is 4.13. The molecule has 2 N–H and O–H groups in total. The highest BCUT2D eigenvalue weighted by Gasteiger charge is 2.12. The predicted molar refractivity (Wildman–Crippen MR) is 81.0 cm³/mol. The zero-order chi connectivity index (χ0) is 13.8. The second-order valence-electron chi connectivity index (χ2n) is 4.23. The molecule has 2 rings (SSSR count). The number of nitrogens with two attached hydrogens (primary N) is 1. The summed E-state index contributed by atoms with van der Waals surface area (Å²) in [5.74, 6) is 0.820. The molecule has 98 valence electrons. The molecule has 0 aromatic heterocycles. The molecule has 0 aliphatic rings. The minimum Gasteiger partial charge on any atom is -0.501 e. The van der Waals surface area contributed by atoms with Crippen molar-refractivity contribution in [1.29, 1.82) is 0 Å². The third-order valence-corrected chi connectivity index (χ3v) is 3.27. The lowest BCUT2D eigenvalue weighted by atomic mass is 9.95. The highest BCUT2D eigenvalue weighted by atomic mass is 35.5. The summed E-state index contributed by atoms with van der Waals surface area (Å²) in [6.07, 6.45) is 0. The molecule has 2 nitrogen and oxygen atoms in total. The van der Waals surface area contributed by atoms with Gasteiger partial charge in [-0.3, -0.25) is 0 Å². The van der Waals surface area contributed by atoms with Gasteiger partial charge in [-0.2, -0.15) is 0 Å². The molecule has 0 fully saturated rings. The van der Waals surface area contributed by atoms with Crippen LogP contribution in [-0.2, 0) is 4.74 Å². The molecule has 2 aromatic rings. The Morgan fingerprint density at radius 3 is 2.26 bits per heavy atom. The van der Waals surface area contributed by atoms with E-state index in [0.717, 1.165) is 28.1 Å². The number of halogens is 1. The predicted octanol–water partition coefficient (Wildman–Crippen LogP) is 4.35. The van der Waals surface area contributed by atoms with Crippen LogP contribution in [0.15, 0.2) is 54.3 Å². The van der Waals surface area contributed by atoms with Crippen LogP contribution < -0.4 is 5.73 Å². The van der Waals surface area contributed by atoms with E-state index < -0.39 is 0 Å². The maximum absolute atomic E-state index is 6.07. The van der Waals surface area contributed by atoms with Crippen LogP contribution in [0.25, 0.3) is 5.57 Å². The summed E-state index contributed by atoms with van der Waals surface area (Å²) < 4.78 is 5.40. The van der Waals surface area contributed by atoms with Gasteiger partial charge in [0, 0.05) is 21.8 Å². The van der Waals surface area contributed by atoms with Crippen LogP contribution in [0.3, 0.4) is 0 Å². The van der Waals surface area contributed by atoms with E-state index in [1.165, 1.54) is 0 Å². The summed E-state index contributed by atoms with van der Waals surface area (Å²) >= 11 is 5.94. The van der Waals surface area contributed by atoms with Gasteiger partial charge in [0.1, 0.15) is 5.76 Å². The molecule has 19 heavy (non-hydrogen) atoms. The van der Waals surface area contributed by atoms with Gasteiger partial charge in [0.15, 0.2) is 0 Å². The zero-order valence-corrected chi connectivity index (χ0v) is 11.7. The van der Waals surface area contributed by atoms with Gasteiger partial charge in [-0.05, 0) is 30.7 Å².